The van der Waals surface area contributed by atoms with Crippen LogP contribution in [-0.2, 0) is 6.42 Å². The molecule has 3 aliphatic rings. The minimum atomic E-state index is 0.218. The van der Waals surface area contributed by atoms with E-state index >= 15 is 0 Å². The van der Waals surface area contributed by atoms with E-state index in [0.717, 1.165) is 36.5 Å². The van der Waals surface area contributed by atoms with Gasteiger partial charge in [-0.05, 0) is 60.6 Å². The molecule has 2 fully saturated rings. The standard InChI is InChI=1S/C17H23NO/c18-16(10-15-8-11-1-2-12(15)7-11)13-3-4-17-14(9-13)5-6-19-17/h3-4,9,11-12,15-16H,1-2,5-8,10,18H2. The zero-order valence-electron chi connectivity index (χ0n) is 11.5. The SMILES string of the molecule is NC(CC1CC2CCC1C2)c1ccc2c(c1)CCO2. The molecule has 4 rings (SSSR count). The average Bonchev–Trinajstić information content (AvgIpc) is 3.13. The molecule has 0 amide bonds. The maximum atomic E-state index is 6.46. The Kier molecular flexibility index (Phi) is 2.80. The number of benzene rings is 1. The number of hydrogen-bond acceptors (Lipinski definition) is 2. The Morgan fingerprint density at radius 1 is 1.26 bits per heavy atom. The number of fused-ring (bicyclic) bond motifs is 3. The van der Waals surface area contributed by atoms with E-state index in [1.54, 1.807) is 0 Å². The highest BCUT2D eigenvalue weighted by Crippen LogP contribution is 2.50. The summed E-state index contributed by atoms with van der Waals surface area (Å²) in [5.74, 6) is 3.96. The van der Waals surface area contributed by atoms with Crippen molar-refractivity contribution in [1.82, 2.24) is 0 Å². The van der Waals surface area contributed by atoms with Gasteiger partial charge in [0, 0.05) is 12.5 Å². The Balaban J connectivity index is 1.47. The summed E-state index contributed by atoms with van der Waals surface area (Å²) in [6.07, 6.45) is 8.08. The van der Waals surface area contributed by atoms with Crippen molar-refractivity contribution in [2.24, 2.45) is 23.5 Å². The largest absolute Gasteiger partial charge is 0.493 e. The van der Waals surface area contributed by atoms with Gasteiger partial charge in [-0.3, -0.25) is 0 Å². The van der Waals surface area contributed by atoms with Gasteiger partial charge in [-0.2, -0.15) is 0 Å². The van der Waals surface area contributed by atoms with E-state index < -0.39 is 0 Å². The fraction of sp³-hybridized carbons (Fsp3) is 0.647. The summed E-state index contributed by atoms with van der Waals surface area (Å²) >= 11 is 0. The van der Waals surface area contributed by atoms with Gasteiger partial charge in [-0.1, -0.05) is 18.6 Å². The van der Waals surface area contributed by atoms with E-state index in [-0.39, 0.29) is 6.04 Å². The molecule has 2 heteroatoms. The molecule has 1 heterocycles. The van der Waals surface area contributed by atoms with Crippen molar-refractivity contribution < 1.29 is 4.74 Å². The predicted molar refractivity (Wildman–Crippen MR) is 76.1 cm³/mol. The number of nitrogens with two attached hydrogens (primary N) is 1. The lowest BCUT2D eigenvalue weighted by Crippen LogP contribution is -2.19. The van der Waals surface area contributed by atoms with Gasteiger partial charge in [0.2, 0.25) is 0 Å². The third-order valence-electron chi connectivity index (χ3n) is 5.58. The highest BCUT2D eigenvalue weighted by molar-refractivity contribution is 5.40. The van der Waals surface area contributed by atoms with Crippen LogP contribution in [0, 0.1) is 17.8 Å². The lowest BCUT2D eigenvalue weighted by atomic mass is 9.83. The van der Waals surface area contributed by atoms with E-state index in [9.17, 15) is 0 Å². The monoisotopic (exact) mass is 257 g/mol. The van der Waals surface area contributed by atoms with E-state index in [1.807, 2.05) is 0 Å². The molecule has 0 saturated heterocycles. The van der Waals surface area contributed by atoms with Crippen molar-refractivity contribution in [2.75, 3.05) is 6.61 Å². The first-order valence-electron chi connectivity index (χ1n) is 7.81. The van der Waals surface area contributed by atoms with Crippen LogP contribution in [0.2, 0.25) is 0 Å². The second-order valence-corrected chi connectivity index (χ2v) is 6.74. The fourth-order valence-corrected chi connectivity index (χ4v) is 4.56. The maximum absolute atomic E-state index is 6.46. The van der Waals surface area contributed by atoms with Crippen LogP contribution < -0.4 is 10.5 Å². The molecule has 1 aliphatic heterocycles. The molecule has 0 spiro atoms. The third kappa shape index (κ3) is 2.06. The Bertz CT molecular complexity index is 484. The first-order valence-corrected chi connectivity index (χ1v) is 7.81. The van der Waals surface area contributed by atoms with Crippen LogP contribution in [0.5, 0.6) is 5.75 Å². The molecular formula is C17H23NO. The van der Waals surface area contributed by atoms with Crippen LogP contribution in [-0.4, -0.2) is 6.61 Å². The fourth-order valence-electron chi connectivity index (χ4n) is 4.56. The predicted octanol–water partition coefficient (Wildman–Crippen LogP) is 3.45. The Morgan fingerprint density at radius 2 is 2.21 bits per heavy atom. The first kappa shape index (κ1) is 11.8. The van der Waals surface area contributed by atoms with Gasteiger partial charge in [0.25, 0.3) is 0 Å². The quantitative estimate of drug-likeness (QED) is 0.900. The lowest BCUT2D eigenvalue weighted by Gasteiger charge is -2.25. The minimum Gasteiger partial charge on any atom is -0.493 e. The Labute approximate surface area is 115 Å². The zero-order valence-corrected chi connectivity index (χ0v) is 11.5. The van der Waals surface area contributed by atoms with Crippen LogP contribution in [0.4, 0.5) is 0 Å². The minimum absolute atomic E-state index is 0.218. The number of rotatable bonds is 3. The average molecular weight is 257 g/mol. The summed E-state index contributed by atoms with van der Waals surface area (Å²) in [4.78, 5) is 0. The molecule has 2 bridgehead atoms. The molecule has 19 heavy (non-hydrogen) atoms. The molecule has 102 valence electrons. The van der Waals surface area contributed by atoms with Gasteiger partial charge < -0.3 is 10.5 Å². The molecule has 0 radical (unpaired) electrons. The zero-order chi connectivity index (χ0) is 12.8. The normalized spacial score (nSPS) is 33.2. The van der Waals surface area contributed by atoms with Crippen LogP contribution in [0.25, 0.3) is 0 Å². The lowest BCUT2D eigenvalue weighted by molar-refractivity contribution is 0.296. The molecule has 2 aliphatic carbocycles. The first-order chi connectivity index (χ1) is 9.29. The van der Waals surface area contributed by atoms with Crippen molar-refractivity contribution in [3.05, 3.63) is 29.3 Å². The topological polar surface area (TPSA) is 35.2 Å². The van der Waals surface area contributed by atoms with E-state index in [4.69, 9.17) is 10.5 Å². The number of hydrogen-bond donors (Lipinski definition) is 1. The number of ether oxygens (including phenoxy) is 1. The molecule has 1 aromatic rings. The second-order valence-electron chi connectivity index (χ2n) is 6.74. The van der Waals surface area contributed by atoms with E-state index in [2.05, 4.69) is 18.2 Å². The van der Waals surface area contributed by atoms with Crippen molar-refractivity contribution in [3.63, 3.8) is 0 Å². The highest BCUT2D eigenvalue weighted by Gasteiger charge is 2.39. The second kappa shape index (κ2) is 4.52. The van der Waals surface area contributed by atoms with Crippen LogP contribution >= 0.6 is 0 Å². The molecule has 1 aromatic carbocycles. The Morgan fingerprint density at radius 3 is 3.00 bits per heavy atom. The van der Waals surface area contributed by atoms with Gasteiger partial charge in [-0.15, -0.1) is 0 Å². The van der Waals surface area contributed by atoms with Crippen molar-refractivity contribution in [2.45, 2.75) is 44.6 Å². The summed E-state index contributed by atoms with van der Waals surface area (Å²) in [6, 6.07) is 6.77. The molecule has 2 N–H and O–H groups in total. The summed E-state index contributed by atoms with van der Waals surface area (Å²) in [7, 11) is 0. The van der Waals surface area contributed by atoms with Gasteiger partial charge in [-0.25, -0.2) is 0 Å². The Hall–Kier alpha value is -1.02. The smallest absolute Gasteiger partial charge is 0.122 e. The summed E-state index contributed by atoms with van der Waals surface area (Å²) < 4.78 is 5.57. The van der Waals surface area contributed by atoms with Gasteiger partial charge in [0.15, 0.2) is 0 Å². The maximum Gasteiger partial charge on any atom is 0.122 e. The molecule has 4 unspecified atom stereocenters. The molecule has 2 saturated carbocycles. The van der Waals surface area contributed by atoms with Crippen LogP contribution in [0.1, 0.15) is 49.3 Å². The molecule has 4 atom stereocenters. The molecule has 2 nitrogen and oxygen atoms in total. The van der Waals surface area contributed by atoms with Crippen LogP contribution in [0.3, 0.4) is 0 Å². The van der Waals surface area contributed by atoms with E-state index in [0.29, 0.717) is 0 Å². The van der Waals surface area contributed by atoms with Crippen molar-refractivity contribution >= 4 is 0 Å². The third-order valence-corrected chi connectivity index (χ3v) is 5.58. The van der Waals surface area contributed by atoms with Gasteiger partial charge in [0.1, 0.15) is 5.75 Å². The van der Waals surface area contributed by atoms with Gasteiger partial charge in [0.05, 0.1) is 6.61 Å². The molecule has 0 aromatic heterocycles. The van der Waals surface area contributed by atoms with Crippen LogP contribution in [0.15, 0.2) is 18.2 Å². The molecular weight excluding hydrogens is 234 g/mol. The highest BCUT2D eigenvalue weighted by atomic mass is 16.5. The van der Waals surface area contributed by atoms with Crippen molar-refractivity contribution in [1.29, 1.82) is 0 Å². The summed E-state index contributed by atoms with van der Waals surface area (Å²) in [5.41, 5.74) is 9.12. The summed E-state index contributed by atoms with van der Waals surface area (Å²) in [6.45, 7) is 0.834. The summed E-state index contributed by atoms with van der Waals surface area (Å²) in [5, 5.41) is 0. The van der Waals surface area contributed by atoms with E-state index in [1.165, 1.54) is 43.2 Å². The van der Waals surface area contributed by atoms with Crippen molar-refractivity contribution in [3.8, 4) is 5.75 Å². The van der Waals surface area contributed by atoms with Gasteiger partial charge >= 0.3 is 0 Å².